The average molecular weight is 316 g/mol. The Morgan fingerprint density at radius 3 is 2.36 bits per heavy atom. The van der Waals surface area contributed by atoms with Crippen LogP contribution in [0.1, 0.15) is 16.7 Å². The van der Waals surface area contributed by atoms with E-state index in [1.165, 1.54) is 11.1 Å². The molecule has 5 heteroatoms. The third-order valence-electron chi connectivity index (χ3n) is 3.71. The van der Waals surface area contributed by atoms with Gasteiger partial charge in [0.2, 0.25) is 0 Å². The Hall–Kier alpha value is -2.33. The predicted octanol–water partition coefficient (Wildman–Crippen LogP) is 4.43. The zero-order valence-corrected chi connectivity index (χ0v) is 13.5. The molecule has 0 spiro atoms. The van der Waals surface area contributed by atoms with Gasteiger partial charge in [-0.1, -0.05) is 0 Å². The number of nitrogens with zero attached hydrogens (tertiary/aromatic N) is 2. The van der Waals surface area contributed by atoms with E-state index in [9.17, 15) is 5.11 Å². The minimum absolute atomic E-state index is 0. The van der Waals surface area contributed by atoms with Crippen molar-refractivity contribution in [1.29, 1.82) is 0 Å². The average Bonchev–Trinajstić information content (AvgIpc) is 2.45. The first-order valence-corrected chi connectivity index (χ1v) is 6.83. The number of aromatic hydroxyl groups is 1. The molecule has 0 aliphatic carbocycles. The van der Waals surface area contributed by atoms with Gasteiger partial charge in [-0.2, -0.15) is 0 Å². The van der Waals surface area contributed by atoms with E-state index in [4.69, 9.17) is 0 Å². The fourth-order valence-electron chi connectivity index (χ4n) is 2.29. The second-order valence-electron chi connectivity index (χ2n) is 5.30. The summed E-state index contributed by atoms with van der Waals surface area (Å²) in [4.78, 5) is 8.67. The number of phenols is 1. The molecule has 0 saturated carbocycles. The molecule has 2 N–H and O–H groups in total. The van der Waals surface area contributed by atoms with Crippen LogP contribution in [0, 0.1) is 20.8 Å². The molecule has 1 aromatic heterocycles. The summed E-state index contributed by atoms with van der Waals surface area (Å²) in [6.07, 6.45) is 1.56. The second-order valence-corrected chi connectivity index (χ2v) is 5.30. The molecule has 4 nitrogen and oxygen atoms in total. The molecule has 0 fully saturated rings. The minimum atomic E-state index is 0. The fourth-order valence-corrected chi connectivity index (χ4v) is 2.29. The molecule has 0 saturated heterocycles. The predicted molar refractivity (Wildman–Crippen MR) is 92.4 cm³/mol. The highest BCUT2D eigenvalue weighted by atomic mass is 35.5. The Kier molecular flexibility index (Phi) is 4.52. The molecule has 0 atom stereocenters. The molecular formula is C17H18ClN3O. The van der Waals surface area contributed by atoms with E-state index in [0.29, 0.717) is 5.75 Å². The van der Waals surface area contributed by atoms with Crippen molar-refractivity contribution in [2.45, 2.75) is 20.8 Å². The highest BCUT2D eigenvalue weighted by Crippen LogP contribution is 2.27. The molecule has 0 aliphatic rings. The van der Waals surface area contributed by atoms with Crippen LogP contribution in [0.4, 0.5) is 11.5 Å². The van der Waals surface area contributed by atoms with Gasteiger partial charge in [-0.25, -0.2) is 9.97 Å². The molecule has 2 aromatic carbocycles. The number of hydrogen-bond donors (Lipinski definition) is 2. The van der Waals surface area contributed by atoms with E-state index in [2.05, 4.69) is 41.3 Å². The first-order valence-electron chi connectivity index (χ1n) is 6.83. The van der Waals surface area contributed by atoms with Gasteiger partial charge < -0.3 is 10.4 Å². The van der Waals surface area contributed by atoms with Gasteiger partial charge in [0.05, 0.1) is 5.52 Å². The summed E-state index contributed by atoms with van der Waals surface area (Å²) in [6.45, 7) is 6.02. The van der Waals surface area contributed by atoms with Gasteiger partial charge in [-0.3, -0.25) is 0 Å². The number of hydrogen-bond acceptors (Lipinski definition) is 4. The van der Waals surface area contributed by atoms with Gasteiger partial charge in [0.15, 0.2) is 0 Å². The number of anilines is 2. The Bertz CT molecular complexity index is 833. The zero-order chi connectivity index (χ0) is 15.0. The van der Waals surface area contributed by atoms with Crippen LogP contribution in [0.2, 0.25) is 0 Å². The van der Waals surface area contributed by atoms with E-state index >= 15 is 0 Å². The lowest BCUT2D eigenvalue weighted by Gasteiger charge is -2.11. The lowest BCUT2D eigenvalue weighted by atomic mass is 10.1. The van der Waals surface area contributed by atoms with Crippen molar-refractivity contribution in [1.82, 2.24) is 9.97 Å². The monoisotopic (exact) mass is 315 g/mol. The lowest BCUT2D eigenvalue weighted by molar-refractivity contribution is 0.471. The number of halogens is 1. The first-order chi connectivity index (χ1) is 10.0. The Morgan fingerprint density at radius 1 is 0.909 bits per heavy atom. The second kappa shape index (κ2) is 6.20. The molecule has 0 amide bonds. The largest absolute Gasteiger partial charge is 0.508 e. The van der Waals surface area contributed by atoms with E-state index in [-0.39, 0.29) is 12.4 Å². The minimum Gasteiger partial charge on any atom is -0.508 e. The van der Waals surface area contributed by atoms with E-state index < -0.39 is 0 Å². The van der Waals surface area contributed by atoms with Gasteiger partial charge in [-0.15, -0.1) is 12.4 Å². The number of aryl methyl sites for hydroxylation is 3. The van der Waals surface area contributed by atoms with Crippen molar-refractivity contribution < 1.29 is 5.11 Å². The summed E-state index contributed by atoms with van der Waals surface area (Å²) in [5.41, 5.74) is 5.06. The summed E-state index contributed by atoms with van der Waals surface area (Å²) in [6, 6.07) is 9.57. The van der Waals surface area contributed by atoms with Crippen molar-refractivity contribution in [3.63, 3.8) is 0 Å². The first kappa shape index (κ1) is 16.0. The fraction of sp³-hybridized carbons (Fsp3) is 0.176. The number of rotatable bonds is 2. The van der Waals surface area contributed by atoms with Gasteiger partial charge in [0.25, 0.3) is 0 Å². The van der Waals surface area contributed by atoms with Crippen LogP contribution in [-0.2, 0) is 0 Å². The topological polar surface area (TPSA) is 58.0 Å². The SMILES string of the molecule is Cc1cc2ncnc(Nc3ccc(O)c(C)c3)c2cc1C.Cl. The highest BCUT2D eigenvalue weighted by Gasteiger charge is 2.07. The van der Waals surface area contributed by atoms with Crippen LogP contribution >= 0.6 is 12.4 Å². The van der Waals surface area contributed by atoms with Crippen molar-refractivity contribution in [3.05, 3.63) is 53.3 Å². The summed E-state index contributed by atoms with van der Waals surface area (Å²) in [5.74, 6) is 1.06. The lowest BCUT2D eigenvalue weighted by Crippen LogP contribution is -1.97. The maximum Gasteiger partial charge on any atom is 0.141 e. The Balaban J connectivity index is 0.00000176. The molecule has 0 radical (unpaired) electrons. The van der Waals surface area contributed by atoms with Crippen LogP contribution in [0.5, 0.6) is 5.75 Å². The van der Waals surface area contributed by atoms with Gasteiger partial charge in [0, 0.05) is 11.1 Å². The molecule has 114 valence electrons. The quantitative estimate of drug-likeness (QED) is 0.687. The maximum absolute atomic E-state index is 9.60. The molecular weight excluding hydrogens is 298 g/mol. The molecule has 3 aromatic rings. The third kappa shape index (κ3) is 2.97. The van der Waals surface area contributed by atoms with Crippen LogP contribution in [0.3, 0.4) is 0 Å². The van der Waals surface area contributed by atoms with Crippen molar-refractivity contribution in [2.75, 3.05) is 5.32 Å². The van der Waals surface area contributed by atoms with E-state index in [1.807, 2.05) is 19.1 Å². The van der Waals surface area contributed by atoms with Crippen molar-refractivity contribution in [3.8, 4) is 5.75 Å². The molecule has 0 bridgehead atoms. The molecule has 0 aliphatic heterocycles. The highest BCUT2D eigenvalue weighted by molar-refractivity contribution is 5.91. The number of fused-ring (bicyclic) bond motifs is 1. The summed E-state index contributed by atoms with van der Waals surface area (Å²) in [7, 11) is 0. The van der Waals surface area contributed by atoms with Crippen LogP contribution in [-0.4, -0.2) is 15.1 Å². The van der Waals surface area contributed by atoms with Gasteiger partial charge in [-0.05, 0) is 67.8 Å². The van der Waals surface area contributed by atoms with E-state index in [0.717, 1.165) is 28.0 Å². The number of benzene rings is 2. The number of phenolic OH excluding ortho intramolecular Hbond substituents is 1. The van der Waals surface area contributed by atoms with Gasteiger partial charge in [0.1, 0.15) is 17.9 Å². The summed E-state index contributed by atoms with van der Waals surface area (Å²) in [5, 5.41) is 13.9. The summed E-state index contributed by atoms with van der Waals surface area (Å²) < 4.78 is 0. The maximum atomic E-state index is 9.60. The summed E-state index contributed by atoms with van der Waals surface area (Å²) >= 11 is 0. The normalized spacial score (nSPS) is 10.3. The number of nitrogens with one attached hydrogen (secondary N) is 1. The van der Waals surface area contributed by atoms with Gasteiger partial charge >= 0.3 is 0 Å². The van der Waals surface area contributed by atoms with Crippen LogP contribution < -0.4 is 5.32 Å². The molecule has 0 unspecified atom stereocenters. The van der Waals surface area contributed by atoms with Crippen molar-refractivity contribution in [2.24, 2.45) is 0 Å². The van der Waals surface area contributed by atoms with E-state index in [1.54, 1.807) is 12.4 Å². The Morgan fingerprint density at radius 2 is 1.64 bits per heavy atom. The molecule has 3 rings (SSSR count). The van der Waals surface area contributed by atoms with Crippen molar-refractivity contribution >= 4 is 34.8 Å². The number of aromatic nitrogens is 2. The molecule has 22 heavy (non-hydrogen) atoms. The zero-order valence-electron chi connectivity index (χ0n) is 12.7. The van der Waals surface area contributed by atoms with Crippen LogP contribution in [0.25, 0.3) is 10.9 Å². The standard InChI is InChI=1S/C17H17N3O.ClH/c1-10-7-14-15(8-11(10)2)18-9-19-17(14)20-13-4-5-16(21)12(3)6-13;/h4-9,21H,1-3H3,(H,18,19,20);1H. The third-order valence-corrected chi connectivity index (χ3v) is 3.71. The Labute approximate surface area is 135 Å². The van der Waals surface area contributed by atoms with Crippen LogP contribution in [0.15, 0.2) is 36.7 Å². The molecule has 1 heterocycles. The smallest absolute Gasteiger partial charge is 0.141 e.